The standard InChI is InChI=1S/C10H12Cl/c1-7(2)9-5-4-6-10(11)8(9)3/h5-7H,1-3H3. The lowest BCUT2D eigenvalue weighted by molar-refractivity contribution is 0.856. The van der Waals surface area contributed by atoms with Gasteiger partial charge in [-0.1, -0.05) is 31.5 Å². The molecular weight excluding hydrogens is 156 g/mol. The van der Waals surface area contributed by atoms with Gasteiger partial charge in [0.2, 0.25) is 0 Å². The van der Waals surface area contributed by atoms with E-state index in [1.807, 2.05) is 19.1 Å². The zero-order valence-corrected chi connectivity index (χ0v) is 7.87. The molecule has 0 aliphatic carbocycles. The summed E-state index contributed by atoms with van der Waals surface area (Å²) in [4.78, 5) is 0. The Hall–Kier alpha value is -0.490. The topological polar surface area (TPSA) is 0 Å². The maximum Gasteiger partial charge on any atom is 0.0444 e. The first-order chi connectivity index (χ1) is 5.13. The van der Waals surface area contributed by atoms with Crippen molar-refractivity contribution in [2.45, 2.75) is 26.7 Å². The highest BCUT2D eigenvalue weighted by molar-refractivity contribution is 6.31. The van der Waals surface area contributed by atoms with Gasteiger partial charge in [0.05, 0.1) is 0 Å². The second-order valence-electron chi connectivity index (χ2n) is 3.04. The van der Waals surface area contributed by atoms with Crippen LogP contribution in [-0.4, -0.2) is 0 Å². The first kappa shape index (κ1) is 8.61. The van der Waals surface area contributed by atoms with Crippen LogP contribution in [-0.2, 0) is 0 Å². The molecule has 1 aromatic carbocycles. The van der Waals surface area contributed by atoms with Gasteiger partial charge in [-0.2, -0.15) is 0 Å². The van der Waals surface area contributed by atoms with E-state index in [1.165, 1.54) is 11.1 Å². The number of hydrogen-bond donors (Lipinski definition) is 0. The van der Waals surface area contributed by atoms with E-state index in [0.29, 0.717) is 5.92 Å². The zero-order valence-electron chi connectivity index (χ0n) is 7.11. The van der Waals surface area contributed by atoms with Crippen LogP contribution in [0, 0.1) is 13.0 Å². The third-order valence-electron chi connectivity index (χ3n) is 1.86. The average molecular weight is 168 g/mol. The van der Waals surface area contributed by atoms with Crippen molar-refractivity contribution < 1.29 is 0 Å². The SMILES string of the molecule is Cc1c(Cl)c[c]cc1C(C)C. The minimum Gasteiger partial charge on any atom is -0.0840 e. The van der Waals surface area contributed by atoms with Crippen molar-refractivity contribution in [3.05, 3.63) is 34.3 Å². The Morgan fingerprint density at radius 1 is 1.36 bits per heavy atom. The Labute approximate surface area is 73.2 Å². The molecule has 0 amide bonds. The molecule has 11 heavy (non-hydrogen) atoms. The van der Waals surface area contributed by atoms with Crippen LogP contribution in [0.2, 0.25) is 5.02 Å². The maximum atomic E-state index is 5.93. The van der Waals surface area contributed by atoms with Crippen LogP contribution in [0.3, 0.4) is 0 Å². The van der Waals surface area contributed by atoms with E-state index in [0.717, 1.165) is 5.02 Å². The molecule has 0 saturated carbocycles. The second kappa shape index (κ2) is 3.27. The summed E-state index contributed by atoms with van der Waals surface area (Å²) < 4.78 is 0. The molecule has 1 rings (SSSR count). The number of hydrogen-bond acceptors (Lipinski definition) is 0. The molecule has 0 heterocycles. The monoisotopic (exact) mass is 167 g/mol. The van der Waals surface area contributed by atoms with Gasteiger partial charge < -0.3 is 0 Å². The Kier molecular flexibility index (Phi) is 2.56. The zero-order chi connectivity index (χ0) is 8.43. The molecule has 0 aliphatic rings. The smallest absolute Gasteiger partial charge is 0.0444 e. The molecule has 0 saturated heterocycles. The molecular formula is C10H12Cl. The van der Waals surface area contributed by atoms with E-state index in [1.54, 1.807) is 0 Å². The van der Waals surface area contributed by atoms with Gasteiger partial charge in [0, 0.05) is 5.02 Å². The third-order valence-corrected chi connectivity index (χ3v) is 2.25. The van der Waals surface area contributed by atoms with Gasteiger partial charge in [0.25, 0.3) is 0 Å². The van der Waals surface area contributed by atoms with Gasteiger partial charge in [-0.05, 0) is 36.1 Å². The quantitative estimate of drug-likeness (QED) is 0.600. The number of benzene rings is 1. The van der Waals surface area contributed by atoms with Crippen LogP contribution >= 0.6 is 11.6 Å². The molecule has 0 spiro atoms. The molecule has 0 N–H and O–H groups in total. The highest BCUT2D eigenvalue weighted by atomic mass is 35.5. The summed E-state index contributed by atoms with van der Waals surface area (Å²) in [5.41, 5.74) is 2.47. The molecule has 1 aromatic rings. The van der Waals surface area contributed by atoms with Gasteiger partial charge >= 0.3 is 0 Å². The Balaban J connectivity index is 3.17. The molecule has 0 unspecified atom stereocenters. The lowest BCUT2D eigenvalue weighted by atomic mass is 9.98. The van der Waals surface area contributed by atoms with E-state index in [2.05, 4.69) is 19.9 Å². The first-order valence-electron chi connectivity index (χ1n) is 3.79. The summed E-state index contributed by atoms with van der Waals surface area (Å²) in [7, 11) is 0. The van der Waals surface area contributed by atoms with E-state index >= 15 is 0 Å². The van der Waals surface area contributed by atoms with E-state index in [-0.39, 0.29) is 0 Å². The van der Waals surface area contributed by atoms with E-state index in [9.17, 15) is 0 Å². The summed E-state index contributed by atoms with van der Waals surface area (Å²) in [6.45, 7) is 6.37. The fourth-order valence-electron chi connectivity index (χ4n) is 1.16. The molecule has 0 bridgehead atoms. The number of rotatable bonds is 1. The molecule has 1 radical (unpaired) electrons. The predicted molar refractivity (Wildman–Crippen MR) is 49.1 cm³/mol. The van der Waals surface area contributed by atoms with Crippen molar-refractivity contribution in [1.29, 1.82) is 0 Å². The second-order valence-corrected chi connectivity index (χ2v) is 3.45. The van der Waals surface area contributed by atoms with Gasteiger partial charge in [0.15, 0.2) is 0 Å². The summed E-state index contributed by atoms with van der Waals surface area (Å²) in [6, 6.07) is 6.83. The first-order valence-corrected chi connectivity index (χ1v) is 4.17. The van der Waals surface area contributed by atoms with Gasteiger partial charge in [-0.3, -0.25) is 0 Å². The van der Waals surface area contributed by atoms with Crippen LogP contribution in [0.4, 0.5) is 0 Å². The van der Waals surface area contributed by atoms with Crippen molar-refractivity contribution in [3.63, 3.8) is 0 Å². The normalized spacial score (nSPS) is 10.6. The Morgan fingerprint density at radius 3 is 2.45 bits per heavy atom. The van der Waals surface area contributed by atoms with Gasteiger partial charge in [-0.25, -0.2) is 0 Å². The van der Waals surface area contributed by atoms with Gasteiger partial charge in [-0.15, -0.1) is 0 Å². The molecule has 0 nitrogen and oxygen atoms in total. The fourth-order valence-corrected chi connectivity index (χ4v) is 1.33. The average Bonchev–Trinajstić information content (AvgIpc) is 1.94. The predicted octanol–water partition coefficient (Wildman–Crippen LogP) is 3.57. The van der Waals surface area contributed by atoms with Crippen molar-refractivity contribution >= 4 is 11.6 Å². The summed E-state index contributed by atoms with van der Waals surface area (Å²) in [5.74, 6) is 0.532. The van der Waals surface area contributed by atoms with Crippen LogP contribution in [0.5, 0.6) is 0 Å². The Bertz CT molecular complexity index is 251. The van der Waals surface area contributed by atoms with Crippen LogP contribution < -0.4 is 0 Å². The largest absolute Gasteiger partial charge is 0.0840 e. The van der Waals surface area contributed by atoms with Crippen molar-refractivity contribution in [2.24, 2.45) is 0 Å². The summed E-state index contributed by atoms with van der Waals surface area (Å²) in [6.07, 6.45) is 0. The third kappa shape index (κ3) is 1.75. The molecule has 0 fully saturated rings. The minimum absolute atomic E-state index is 0.532. The maximum absolute atomic E-state index is 5.93. The van der Waals surface area contributed by atoms with Gasteiger partial charge in [0.1, 0.15) is 0 Å². The molecule has 1 heteroatoms. The Morgan fingerprint density at radius 2 is 2.00 bits per heavy atom. The van der Waals surface area contributed by atoms with Crippen molar-refractivity contribution in [1.82, 2.24) is 0 Å². The van der Waals surface area contributed by atoms with E-state index in [4.69, 9.17) is 11.6 Å². The number of halogens is 1. The fraction of sp³-hybridized carbons (Fsp3) is 0.400. The molecule has 0 atom stereocenters. The molecule has 59 valence electrons. The molecule has 0 aromatic heterocycles. The lowest BCUT2D eigenvalue weighted by Crippen LogP contribution is -1.91. The molecule has 0 aliphatic heterocycles. The minimum atomic E-state index is 0.532. The van der Waals surface area contributed by atoms with Crippen LogP contribution in [0.15, 0.2) is 12.1 Å². The van der Waals surface area contributed by atoms with Crippen molar-refractivity contribution in [3.8, 4) is 0 Å². The lowest BCUT2D eigenvalue weighted by Gasteiger charge is -2.09. The van der Waals surface area contributed by atoms with Crippen LogP contribution in [0.25, 0.3) is 0 Å². The highest BCUT2D eigenvalue weighted by Gasteiger charge is 2.04. The van der Waals surface area contributed by atoms with E-state index < -0.39 is 0 Å². The summed E-state index contributed by atoms with van der Waals surface area (Å²) in [5, 5.41) is 0.816. The van der Waals surface area contributed by atoms with Crippen LogP contribution in [0.1, 0.15) is 30.9 Å². The highest BCUT2D eigenvalue weighted by Crippen LogP contribution is 2.24. The summed E-state index contributed by atoms with van der Waals surface area (Å²) >= 11 is 5.93. The van der Waals surface area contributed by atoms with Crippen molar-refractivity contribution in [2.75, 3.05) is 0 Å².